The Balaban J connectivity index is 3.06. The lowest BCUT2D eigenvalue weighted by Crippen LogP contribution is -2.50. The van der Waals surface area contributed by atoms with Gasteiger partial charge in [0.1, 0.15) is 5.75 Å². The van der Waals surface area contributed by atoms with Gasteiger partial charge in [-0.05, 0) is 40.9 Å². The minimum Gasteiger partial charge on any atom is -0.543 e. The zero-order valence-corrected chi connectivity index (χ0v) is 14.4. The molecule has 0 bridgehead atoms. The molecule has 0 unspecified atom stereocenters. The molecule has 0 atom stereocenters. The predicted octanol–water partition coefficient (Wildman–Crippen LogP) is 5.28. The van der Waals surface area contributed by atoms with E-state index < -0.39 is 8.32 Å². The smallest absolute Gasteiger partial charge is 0.258 e. The van der Waals surface area contributed by atoms with Crippen LogP contribution in [0.2, 0.25) is 16.6 Å². The molecule has 0 saturated heterocycles. The van der Waals surface area contributed by atoms with Gasteiger partial charge in [-0.1, -0.05) is 41.5 Å². The van der Waals surface area contributed by atoms with Crippen molar-refractivity contribution in [2.75, 3.05) is 12.4 Å². The maximum atomic E-state index is 6.60. The molecule has 0 aromatic heterocycles. The molecule has 0 aliphatic heterocycles. The van der Waals surface area contributed by atoms with Gasteiger partial charge in [0, 0.05) is 12.7 Å². The SMILES string of the molecule is CNc1ccc(O[Si](C(C)C)(C(C)C)C(C)C)cc1. The standard InChI is InChI=1S/C16H29NOSi/c1-12(2)19(13(3)4,14(5)6)18-16-10-8-15(17-7)9-11-16/h8-14,17H,1-7H3. The molecule has 19 heavy (non-hydrogen) atoms. The fraction of sp³-hybridized carbons (Fsp3) is 0.625. The Morgan fingerprint density at radius 2 is 1.26 bits per heavy atom. The third-order valence-corrected chi connectivity index (χ3v) is 10.1. The Morgan fingerprint density at radius 3 is 1.58 bits per heavy atom. The molecule has 108 valence electrons. The lowest BCUT2D eigenvalue weighted by Gasteiger charge is -2.42. The first-order valence-corrected chi connectivity index (χ1v) is 9.45. The third kappa shape index (κ3) is 3.33. The molecule has 0 radical (unpaired) electrons. The molecule has 0 aliphatic carbocycles. The lowest BCUT2D eigenvalue weighted by molar-refractivity contribution is 0.480. The van der Waals surface area contributed by atoms with E-state index in [0.717, 1.165) is 11.4 Å². The average molecular weight is 280 g/mol. The van der Waals surface area contributed by atoms with Crippen LogP contribution in [-0.2, 0) is 0 Å². The van der Waals surface area contributed by atoms with E-state index >= 15 is 0 Å². The van der Waals surface area contributed by atoms with Crippen LogP contribution in [0.1, 0.15) is 41.5 Å². The fourth-order valence-electron chi connectivity index (χ4n) is 3.25. The van der Waals surface area contributed by atoms with Gasteiger partial charge in [0.05, 0.1) is 0 Å². The minimum atomic E-state index is -1.82. The van der Waals surface area contributed by atoms with Gasteiger partial charge in [0.2, 0.25) is 0 Å². The molecule has 0 fully saturated rings. The normalized spacial score (nSPS) is 12.3. The molecule has 1 aromatic rings. The first-order valence-electron chi connectivity index (χ1n) is 7.31. The molecule has 0 saturated carbocycles. The van der Waals surface area contributed by atoms with E-state index in [1.54, 1.807) is 0 Å². The molecular weight excluding hydrogens is 250 g/mol. The molecule has 1 N–H and O–H groups in total. The molecule has 0 aliphatic rings. The summed E-state index contributed by atoms with van der Waals surface area (Å²) >= 11 is 0. The molecule has 0 amide bonds. The second-order valence-corrected chi connectivity index (χ2v) is 11.6. The van der Waals surface area contributed by atoms with Crippen molar-refractivity contribution in [1.29, 1.82) is 0 Å². The van der Waals surface area contributed by atoms with Crippen LogP contribution in [0, 0.1) is 0 Å². The van der Waals surface area contributed by atoms with Gasteiger partial charge in [-0.25, -0.2) is 0 Å². The first-order chi connectivity index (χ1) is 8.84. The summed E-state index contributed by atoms with van der Waals surface area (Å²) in [7, 11) is 0.119. The Morgan fingerprint density at radius 1 is 0.842 bits per heavy atom. The molecule has 1 aromatic carbocycles. The Kier molecular flexibility index (Phi) is 5.47. The van der Waals surface area contributed by atoms with Crippen LogP contribution in [0.25, 0.3) is 0 Å². The number of hydrogen-bond donors (Lipinski definition) is 1. The molecule has 3 heteroatoms. The largest absolute Gasteiger partial charge is 0.543 e. The summed E-state index contributed by atoms with van der Waals surface area (Å²) < 4.78 is 6.60. The van der Waals surface area contributed by atoms with Crippen molar-refractivity contribution in [2.45, 2.75) is 58.2 Å². The van der Waals surface area contributed by atoms with Gasteiger partial charge >= 0.3 is 0 Å². The zero-order valence-electron chi connectivity index (χ0n) is 13.4. The van der Waals surface area contributed by atoms with Crippen molar-refractivity contribution in [3.8, 4) is 5.75 Å². The maximum absolute atomic E-state index is 6.60. The maximum Gasteiger partial charge on any atom is 0.258 e. The van der Waals surface area contributed by atoms with Crippen LogP contribution in [0.5, 0.6) is 5.75 Å². The Bertz CT molecular complexity index is 362. The van der Waals surface area contributed by atoms with Gasteiger partial charge < -0.3 is 9.74 Å². The van der Waals surface area contributed by atoms with E-state index in [2.05, 4.69) is 71.1 Å². The second kappa shape index (κ2) is 6.46. The van der Waals surface area contributed by atoms with Crippen LogP contribution < -0.4 is 9.74 Å². The highest BCUT2D eigenvalue weighted by atomic mass is 28.4. The highest BCUT2D eigenvalue weighted by molar-refractivity contribution is 6.78. The van der Waals surface area contributed by atoms with E-state index in [0.29, 0.717) is 16.6 Å². The topological polar surface area (TPSA) is 21.3 Å². The van der Waals surface area contributed by atoms with Crippen molar-refractivity contribution < 1.29 is 4.43 Å². The first kappa shape index (κ1) is 16.1. The molecule has 2 nitrogen and oxygen atoms in total. The van der Waals surface area contributed by atoms with Gasteiger partial charge in [-0.2, -0.15) is 0 Å². The van der Waals surface area contributed by atoms with Crippen LogP contribution in [-0.4, -0.2) is 15.4 Å². The van der Waals surface area contributed by atoms with Crippen molar-refractivity contribution in [2.24, 2.45) is 0 Å². The summed E-state index contributed by atoms with van der Waals surface area (Å²) in [4.78, 5) is 0. The van der Waals surface area contributed by atoms with Crippen LogP contribution in [0.15, 0.2) is 24.3 Å². The van der Waals surface area contributed by atoms with Gasteiger partial charge in [0.25, 0.3) is 8.32 Å². The summed E-state index contributed by atoms with van der Waals surface area (Å²) in [5.41, 5.74) is 2.95. The van der Waals surface area contributed by atoms with Crippen molar-refractivity contribution in [1.82, 2.24) is 0 Å². The van der Waals surface area contributed by atoms with Gasteiger partial charge in [-0.15, -0.1) is 0 Å². The average Bonchev–Trinajstić information content (AvgIpc) is 2.35. The van der Waals surface area contributed by atoms with E-state index in [1.807, 2.05) is 7.05 Å². The summed E-state index contributed by atoms with van der Waals surface area (Å²) in [6, 6.07) is 8.33. The van der Waals surface area contributed by atoms with E-state index in [4.69, 9.17) is 4.43 Å². The third-order valence-electron chi connectivity index (χ3n) is 4.14. The lowest BCUT2D eigenvalue weighted by atomic mass is 10.3. The molecule has 1 rings (SSSR count). The Hall–Kier alpha value is -0.963. The van der Waals surface area contributed by atoms with E-state index in [-0.39, 0.29) is 0 Å². The molecule has 0 spiro atoms. The minimum absolute atomic E-state index is 0.608. The summed E-state index contributed by atoms with van der Waals surface area (Å²) in [6.07, 6.45) is 0. The van der Waals surface area contributed by atoms with Gasteiger partial charge in [-0.3, -0.25) is 0 Å². The van der Waals surface area contributed by atoms with Gasteiger partial charge in [0.15, 0.2) is 0 Å². The highest BCUT2D eigenvalue weighted by Crippen LogP contribution is 2.42. The van der Waals surface area contributed by atoms with E-state index in [1.165, 1.54) is 0 Å². The molecular formula is C16H29NOSi. The fourth-order valence-corrected chi connectivity index (χ4v) is 8.50. The quantitative estimate of drug-likeness (QED) is 0.715. The highest BCUT2D eigenvalue weighted by Gasteiger charge is 2.46. The number of anilines is 1. The Labute approximate surface area is 119 Å². The van der Waals surface area contributed by atoms with Crippen molar-refractivity contribution in [3.63, 3.8) is 0 Å². The van der Waals surface area contributed by atoms with Crippen LogP contribution in [0.3, 0.4) is 0 Å². The van der Waals surface area contributed by atoms with E-state index in [9.17, 15) is 0 Å². The van der Waals surface area contributed by atoms with Crippen LogP contribution in [0.4, 0.5) is 5.69 Å². The number of rotatable bonds is 6. The second-order valence-electron chi connectivity index (χ2n) is 6.19. The van der Waals surface area contributed by atoms with Crippen LogP contribution >= 0.6 is 0 Å². The number of hydrogen-bond acceptors (Lipinski definition) is 2. The molecule has 0 heterocycles. The summed E-state index contributed by atoms with van der Waals surface area (Å²) in [5.74, 6) is 1.02. The number of benzene rings is 1. The van der Waals surface area contributed by atoms with Crippen molar-refractivity contribution >= 4 is 14.0 Å². The predicted molar refractivity (Wildman–Crippen MR) is 87.7 cm³/mol. The monoisotopic (exact) mass is 279 g/mol. The van der Waals surface area contributed by atoms with Crippen molar-refractivity contribution in [3.05, 3.63) is 24.3 Å². The zero-order chi connectivity index (χ0) is 14.6. The summed E-state index contributed by atoms with van der Waals surface area (Å²) in [5, 5.41) is 3.14. The summed E-state index contributed by atoms with van der Waals surface area (Å²) in [6.45, 7) is 13.9. The number of nitrogens with one attached hydrogen (secondary N) is 1.